The number of aromatic nitrogens is 2. The maximum absolute atomic E-state index is 14.3. The van der Waals surface area contributed by atoms with Gasteiger partial charge in [0.15, 0.2) is 5.69 Å². The lowest BCUT2D eigenvalue weighted by molar-refractivity contribution is -0.147. The second kappa shape index (κ2) is 11.2. The fraction of sp³-hybridized carbons (Fsp3) is 0.577. The molecule has 204 valence electrons. The average Bonchev–Trinajstić information content (AvgIpc) is 3.22. The second-order valence-corrected chi connectivity index (χ2v) is 11.8. The normalized spacial score (nSPS) is 18.6. The van der Waals surface area contributed by atoms with Gasteiger partial charge in [-0.2, -0.15) is 18.3 Å². The van der Waals surface area contributed by atoms with E-state index in [1.54, 1.807) is 12.1 Å². The van der Waals surface area contributed by atoms with Gasteiger partial charge in [0.2, 0.25) is 0 Å². The Kier molecular flexibility index (Phi) is 8.90. The molecule has 0 saturated heterocycles. The van der Waals surface area contributed by atoms with Crippen LogP contribution >= 0.6 is 23.2 Å². The van der Waals surface area contributed by atoms with Gasteiger partial charge in [0, 0.05) is 23.1 Å². The summed E-state index contributed by atoms with van der Waals surface area (Å²) in [5, 5.41) is 14.1. The number of hydrogen-bond acceptors (Lipinski definition) is 3. The lowest BCUT2D eigenvalue weighted by Crippen LogP contribution is -2.40. The number of carbonyl (C=O) groups excluding carboxylic acids is 1. The fourth-order valence-electron chi connectivity index (χ4n) is 4.86. The van der Waals surface area contributed by atoms with Crippen LogP contribution in [0.15, 0.2) is 18.3 Å². The smallest absolute Gasteiger partial charge is 0.433 e. The number of amides is 1. The van der Waals surface area contributed by atoms with Crippen molar-refractivity contribution in [3.05, 3.63) is 50.8 Å². The molecule has 1 saturated carbocycles. The fourth-order valence-corrected chi connectivity index (χ4v) is 5.64. The first-order valence-corrected chi connectivity index (χ1v) is 13.0. The number of alkyl halides is 3. The molecule has 0 atom stereocenters. The van der Waals surface area contributed by atoms with E-state index in [-0.39, 0.29) is 50.6 Å². The summed E-state index contributed by atoms with van der Waals surface area (Å²) in [5.74, 6) is -2.30. The molecular weight excluding hydrogens is 530 g/mol. The Morgan fingerprint density at radius 2 is 1.68 bits per heavy atom. The lowest BCUT2D eigenvalue weighted by atomic mass is 9.86. The molecular formula is C26H32Cl2F3N3O3. The van der Waals surface area contributed by atoms with E-state index in [2.05, 4.69) is 5.10 Å². The Morgan fingerprint density at radius 1 is 1.11 bits per heavy atom. The zero-order valence-electron chi connectivity index (χ0n) is 21.3. The molecule has 1 aliphatic rings. The molecule has 1 aliphatic carbocycles. The van der Waals surface area contributed by atoms with Crippen molar-refractivity contribution in [2.75, 3.05) is 13.1 Å². The minimum atomic E-state index is -4.82. The van der Waals surface area contributed by atoms with Gasteiger partial charge in [-0.25, -0.2) is 0 Å². The molecule has 0 unspecified atom stereocenters. The number of carboxylic acid groups (broad SMARTS) is 1. The molecule has 0 bridgehead atoms. The minimum Gasteiger partial charge on any atom is -0.481 e. The number of aryl methyl sites for hydroxylation is 1. The highest BCUT2D eigenvalue weighted by Crippen LogP contribution is 2.39. The van der Waals surface area contributed by atoms with Crippen molar-refractivity contribution < 1.29 is 27.9 Å². The number of halogens is 5. The first-order chi connectivity index (χ1) is 17.1. The van der Waals surface area contributed by atoms with Crippen molar-refractivity contribution in [1.82, 2.24) is 14.7 Å². The van der Waals surface area contributed by atoms with E-state index in [4.69, 9.17) is 23.2 Å². The van der Waals surface area contributed by atoms with Gasteiger partial charge in [-0.15, -0.1) is 0 Å². The highest BCUT2D eigenvalue weighted by atomic mass is 35.5. The van der Waals surface area contributed by atoms with Crippen LogP contribution in [0.25, 0.3) is 0 Å². The summed E-state index contributed by atoms with van der Waals surface area (Å²) >= 11 is 12.7. The van der Waals surface area contributed by atoms with E-state index in [1.807, 2.05) is 27.7 Å². The standard InChI is InChI=1S/C26H32Cl2F3N3O3/c1-15-11-20(27)18(21(28)12-15)9-10-33(14-25(2,3)4)23(35)19-13-32-34(22(19)26(29,30)31)17-7-5-16(6-8-17)24(36)37/h11-13,16-17H,5-10,14H2,1-4H3,(H,36,37). The molecule has 1 N–H and O–H groups in total. The van der Waals surface area contributed by atoms with E-state index in [1.165, 1.54) is 4.90 Å². The van der Waals surface area contributed by atoms with Crippen LogP contribution in [-0.2, 0) is 17.4 Å². The van der Waals surface area contributed by atoms with Crippen LogP contribution < -0.4 is 0 Å². The molecule has 3 rings (SSSR count). The predicted octanol–water partition coefficient (Wildman–Crippen LogP) is 7.06. The summed E-state index contributed by atoms with van der Waals surface area (Å²) in [6.07, 6.45) is -2.56. The van der Waals surface area contributed by atoms with E-state index in [0.717, 1.165) is 16.4 Å². The third kappa shape index (κ3) is 7.19. The zero-order valence-corrected chi connectivity index (χ0v) is 22.8. The Labute approximate surface area is 224 Å². The van der Waals surface area contributed by atoms with Crippen molar-refractivity contribution in [2.24, 2.45) is 11.3 Å². The third-order valence-corrected chi connectivity index (χ3v) is 7.23. The van der Waals surface area contributed by atoms with E-state index in [0.29, 0.717) is 15.6 Å². The van der Waals surface area contributed by atoms with Gasteiger partial charge in [-0.1, -0.05) is 44.0 Å². The molecule has 0 radical (unpaired) electrons. The minimum absolute atomic E-state index is 0.116. The van der Waals surface area contributed by atoms with E-state index in [9.17, 15) is 27.9 Å². The van der Waals surface area contributed by atoms with Gasteiger partial charge in [-0.05, 0) is 67.7 Å². The molecule has 1 amide bonds. The van der Waals surface area contributed by atoms with Gasteiger partial charge in [0.05, 0.1) is 23.7 Å². The quantitative estimate of drug-likeness (QED) is 0.392. The lowest BCUT2D eigenvalue weighted by Gasteiger charge is -2.31. The number of rotatable bonds is 7. The van der Waals surface area contributed by atoms with Gasteiger partial charge < -0.3 is 10.0 Å². The summed E-state index contributed by atoms with van der Waals surface area (Å²) in [5.41, 5.74) is -0.497. The molecule has 0 aliphatic heterocycles. The maximum atomic E-state index is 14.3. The van der Waals surface area contributed by atoms with Crippen LogP contribution in [0, 0.1) is 18.3 Å². The second-order valence-electron chi connectivity index (χ2n) is 10.9. The summed E-state index contributed by atoms with van der Waals surface area (Å²) in [6, 6.07) is 2.88. The van der Waals surface area contributed by atoms with Crippen molar-refractivity contribution >= 4 is 35.1 Å². The predicted molar refractivity (Wildman–Crippen MR) is 136 cm³/mol. The summed E-state index contributed by atoms with van der Waals surface area (Å²) < 4.78 is 43.8. The van der Waals surface area contributed by atoms with Crippen LogP contribution in [0.1, 0.15) is 79.7 Å². The molecule has 0 spiro atoms. The number of benzene rings is 1. The zero-order chi connectivity index (χ0) is 27.7. The number of aliphatic carboxylic acids is 1. The highest BCUT2D eigenvalue weighted by Gasteiger charge is 2.43. The number of carboxylic acids is 1. The largest absolute Gasteiger partial charge is 0.481 e. The highest BCUT2D eigenvalue weighted by molar-refractivity contribution is 6.36. The van der Waals surface area contributed by atoms with Crippen molar-refractivity contribution in [3.63, 3.8) is 0 Å². The van der Waals surface area contributed by atoms with E-state index >= 15 is 0 Å². The first-order valence-electron chi connectivity index (χ1n) is 12.2. The van der Waals surface area contributed by atoms with Crippen LogP contribution in [0.4, 0.5) is 13.2 Å². The van der Waals surface area contributed by atoms with Crippen molar-refractivity contribution in [3.8, 4) is 0 Å². The maximum Gasteiger partial charge on any atom is 0.433 e. The number of hydrogen-bond donors (Lipinski definition) is 1. The summed E-state index contributed by atoms with van der Waals surface area (Å²) in [6.45, 7) is 7.86. The SMILES string of the molecule is Cc1cc(Cl)c(CCN(CC(C)(C)C)C(=O)c2cnn(C3CCC(C(=O)O)CC3)c2C(F)(F)F)c(Cl)c1. The Hall–Kier alpha value is -2.26. The third-order valence-electron chi connectivity index (χ3n) is 6.56. The van der Waals surface area contributed by atoms with Crippen LogP contribution in [-0.4, -0.2) is 44.8 Å². The topological polar surface area (TPSA) is 75.4 Å². The molecule has 1 fully saturated rings. The van der Waals surface area contributed by atoms with Gasteiger partial charge in [-0.3, -0.25) is 14.3 Å². The Morgan fingerprint density at radius 3 is 2.16 bits per heavy atom. The molecule has 11 heteroatoms. The molecule has 2 aromatic rings. The van der Waals surface area contributed by atoms with E-state index < -0.39 is 41.3 Å². The molecule has 1 aromatic heterocycles. The average molecular weight is 562 g/mol. The molecule has 1 heterocycles. The molecule has 6 nitrogen and oxygen atoms in total. The van der Waals surface area contributed by atoms with Crippen LogP contribution in [0.2, 0.25) is 10.0 Å². The van der Waals surface area contributed by atoms with Gasteiger partial charge in [0.1, 0.15) is 0 Å². The van der Waals surface area contributed by atoms with Crippen LogP contribution in [0.5, 0.6) is 0 Å². The number of carbonyl (C=O) groups is 2. The first kappa shape index (κ1) is 29.3. The van der Waals surface area contributed by atoms with Gasteiger partial charge >= 0.3 is 12.1 Å². The monoisotopic (exact) mass is 561 g/mol. The summed E-state index contributed by atoms with van der Waals surface area (Å²) in [4.78, 5) is 26.3. The Balaban J connectivity index is 1.93. The van der Waals surface area contributed by atoms with Gasteiger partial charge in [0.25, 0.3) is 5.91 Å². The molecule has 1 aromatic carbocycles. The summed E-state index contributed by atoms with van der Waals surface area (Å²) in [7, 11) is 0. The number of nitrogens with zero attached hydrogens (tertiary/aromatic N) is 3. The van der Waals surface area contributed by atoms with Crippen molar-refractivity contribution in [2.45, 2.75) is 72.0 Å². The van der Waals surface area contributed by atoms with Crippen molar-refractivity contribution in [1.29, 1.82) is 0 Å². The van der Waals surface area contributed by atoms with Crippen LogP contribution in [0.3, 0.4) is 0 Å². The molecule has 37 heavy (non-hydrogen) atoms. The Bertz CT molecular complexity index is 1130.